The van der Waals surface area contributed by atoms with Gasteiger partial charge in [0.05, 0.1) is 6.10 Å². The van der Waals surface area contributed by atoms with Gasteiger partial charge in [0.2, 0.25) is 11.9 Å². The van der Waals surface area contributed by atoms with Crippen molar-refractivity contribution < 1.29 is 5.11 Å². The minimum absolute atomic E-state index is 0.362. The van der Waals surface area contributed by atoms with E-state index in [0.717, 1.165) is 12.8 Å². The van der Waals surface area contributed by atoms with Gasteiger partial charge in [0.1, 0.15) is 12.7 Å². The van der Waals surface area contributed by atoms with Crippen molar-refractivity contribution in [3.63, 3.8) is 0 Å². The van der Waals surface area contributed by atoms with Crippen molar-refractivity contribution >= 4 is 11.9 Å². The molecule has 0 aliphatic heterocycles. The lowest BCUT2D eigenvalue weighted by molar-refractivity contribution is 0.164. The minimum atomic E-state index is -0.362. The maximum atomic E-state index is 9.90. The lowest BCUT2D eigenvalue weighted by Crippen LogP contribution is -2.23. The molecule has 2 aromatic heterocycles. The average molecular weight is 290 g/mol. The van der Waals surface area contributed by atoms with Crippen LogP contribution in [-0.4, -0.2) is 54.0 Å². The second-order valence-electron chi connectivity index (χ2n) is 4.94. The molecule has 1 fully saturated rings. The number of anilines is 2. The standard InChI is InChI=1S/C12H18N8O/c1-2-14-10-17-11(15-5-9(21)8-3-4-8)19-12(18-10)20-7-13-6-16-20/h6-9,21H,2-5H2,1H3,(H2,14,15,17,18,19). The van der Waals surface area contributed by atoms with Crippen molar-refractivity contribution in [1.29, 1.82) is 0 Å². The van der Waals surface area contributed by atoms with E-state index in [1.54, 1.807) is 0 Å². The van der Waals surface area contributed by atoms with Crippen LogP contribution in [0.5, 0.6) is 0 Å². The number of aliphatic hydroxyl groups is 1. The zero-order valence-electron chi connectivity index (χ0n) is 11.8. The van der Waals surface area contributed by atoms with E-state index in [4.69, 9.17) is 0 Å². The molecule has 3 N–H and O–H groups in total. The van der Waals surface area contributed by atoms with Crippen molar-refractivity contribution in [2.24, 2.45) is 5.92 Å². The highest BCUT2D eigenvalue weighted by Gasteiger charge is 2.29. The van der Waals surface area contributed by atoms with Crippen LogP contribution in [0.1, 0.15) is 19.8 Å². The molecule has 1 aliphatic rings. The molecule has 112 valence electrons. The number of hydrogen-bond acceptors (Lipinski definition) is 8. The molecule has 2 heterocycles. The predicted octanol–water partition coefficient (Wildman–Crippen LogP) is 0.0669. The summed E-state index contributed by atoms with van der Waals surface area (Å²) in [5.41, 5.74) is 0. The Labute approximate surface area is 121 Å². The predicted molar refractivity (Wildman–Crippen MR) is 76.1 cm³/mol. The van der Waals surface area contributed by atoms with Gasteiger partial charge in [-0.3, -0.25) is 0 Å². The summed E-state index contributed by atoms with van der Waals surface area (Å²) < 4.78 is 1.46. The van der Waals surface area contributed by atoms with Gasteiger partial charge in [-0.1, -0.05) is 0 Å². The molecule has 1 unspecified atom stereocenters. The van der Waals surface area contributed by atoms with E-state index in [-0.39, 0.29) is 6.10 Å². The molecule has 1 atom stereocenters. The van der Waals surface area contributed by atoms with E-state index in [2.05, 4.69) is 35.7 Å². The van der Waals surface area contributed by atoms with Crippen LogP contribution in [-0.2, 0) is 0 Å². The van der Waals surface area contributed by atoms with Gasteiger partial charge in [0, 0.05) is 13.1 Å². The van der Waals surface area contributed by atoms with Crippen LogP contribution in [0.25, 0.3) is 5.95 Å². The van der Waals surface area contributed by atoms with Crippen LogP contribution in [0.4, 0.5) is 11.9 Å². The Bertz CT molecular complexity index is 583. The van der Waals surface area contributed by atoms with E-state index in [1.807, 2.05) is 6.92 Å². The first-order valence-electron chi connectivity index (χ1n) is 7.03. The highest BCUT2D eigenvalue weighted by atomic mass is 16.3. The summed E-state index contributed by atoms with van der Waals surface area (Å²) in [5.74, 6) is 1.65. The molecule has 0 aromatic carbocycles. The molecular formula is C12H18N8O. The topological polar surface area (TPSA) is 114 Å². The van der Waals surface area contributed by atoms with Crippen LogP contribution < -0.4 is 10.6 Å². The van der Waals surface area contributed by atoms with Crippen LogP contribution in [0.15, 0.2) is 12.7 Å². The van der Waals surface area contributed by atoms with Gasteiger partial charge >= 0.3 is 0 Å². The second kappa shape index (κ2) is 6.00. The summed E-state index contributed by atoms with van der Waals surface area (Å²) in [6, 6.07) is 0. The zero-order chi connectivity index (χ0) is 14.7. The van der Waals surface area contributed by atoms with E-state index in [0.29, 0.717) is 36.9 Å². The first-order chi connectivity index (χ1) is 10.3. The lowest BCUT2D eigenvalue weighted by atomic mass is 10.2. The van der Waals surface area contributed by atoms with E-state index < -0.39 is 0 Å². The summed E-state index contributed by atoms with van der Waals surface area (Å²) in [5, 5.41) is 20.0. The summed E-state index contributed by atoms with van der Waals surface area (Å²) in [6.07, 6.45) is 4.76. The first-order valence-corrected chi connectivity index (χ1v) is 7.03. The normalized spacial score (nSPS) is 15.7. The van der Waals surface area contributed by atoms with Gasteiger partial charge in [-0.2, -0.15) is 24.7 Å². The summed E-state index contributed by atoms with van der Waals surface area (Å²) in [7, 11) is 0. The van der Waals surface area contributed by atoms with Crippen molar-refractivity contribution in [3.05, 3.63) is 12.7 Å². The Balaban J connectivity index is 1.77. The molecule has 2 aromatic rings. The molecule has 1 saturated carbocycles. The number of nitrogens with one attached hydrogen (secondary N) is 2. The van der Waals surface area contributed by atoms with Crippen molar-refractivity contribution in [3.8, 4) is 5.95 Å². The zero-order valence-corrected chi connectivity index (χ0v) is 11.8. The SMILES string of the molecule is CCNc1nc(NCC(O)C2CC2)nc(-n2cncn2)n1. The quantitative estimate of drug-likeness (QED) is 0.656. The number of aromatic nitrogens is 6. The van der Waals surface area contributed by atoms with Gasteiger partial charge in [-0.05, 0) is 25.7 Å². The molecule has 0 amide bonds. The fourth-order valence-corrected chi connectivity index (χ4v) is 1.94. The number of aliphatic hydroxyl groups excluding tert-OH is 1. The Kier molecular flexibility index (Phi) is 3.91. The highest BCUT2D eigenvalue weighted by Crippen LogP contribution is 2.32. The molecule has 0 saturated heterocycles. The number of rotatable bonds is 7. The van der Waals surface area contributed by atoms with Crippen molar-refractivity contribution in [2.75, 3.05) is 23.7 Å². The Hall–Kier alpha value is -2.29. The smallest absolute Gasteiger partial charge is 0.258 e. The molecule has 0 spiro atoms. The number of hydrogen-bond donors (Lipinski definition) is 3. The lowest BCUT2D eigenvalue weighted by Gasteiger charge is -2.12. The highest BCUT2D eigenvalue weighted by molar-refractivity contribution is 5.37. The van der Waals surface area contributed by atoms with Gasteiger partial charge in [0.25, 0.3) is 5.95 Å². The minimum Gasteiger partial charge on any atom is -0.391 e. The maximum Gasteiger partial charge on any atom is 0.258 e. The van der Waals surface area contributed by atoms with E-state index in [9.17, 15) is 5.11 Å². The Morgan fingerprint density at radius 2 is 2.05 bits per heavy atom. The van der Waals surface area contributed by atoms with Crippen molar-refractivity contribution in [2.45, 2.75) is 25.9 Å². The third kappa shape index (κ3) is 3.43. The average Bonchev–Trinajstić information content (AvgIpc) is 3.19. The molecule has 9 heteroatoms. The van der Waals surface area contributed by atoms with Crippen LogP contribution in [0, 0.1) is 5.92 Å². The third-order valence-electron chi connectivity index (χ3n) is 3.22. The fourth-order valence-electron chi connectivity index (χ4n) is 1.94. The van der Waals surface area contributed by atoms with Crippen molar-refractivity contribution in [1.82, 2.24) is 29.7 Å². The summed E-state index contributed by atoms with van der Waals surface area (Å²) in [6.45, 7) is 3.09. The van der Waals surface area contributed by atoms with Crippen LogP contribution in [0.2, 0.25) is 0 Å². The second-order valence-corrected chi connectivity index (χ2v) is 4.94. The summed E-state index contributed by atoms with van der Waals surface area (Å²) in [4.78, 5) is 16.7. The first kappa shape index (κ1) is 13.7. The molecule has 21 heavy (non-hydrogen) atoms. The number of nitrogens with zero attached hydrogens (tertiary/aromatic N) is 6. The molecule has 1 aliphatic carbocycles. The molecule has 9 nitrogen and oxygen atoms in total. The van der Waals surface area contributed by atoms with E-state index in [1.165, 1.54) is 17.3 Å². The Morgan fingerprint density at radius 3 is 2.67 bits per heavy atom. The van der Waals surface area contributed by atoms with Gasteiger partial charge in [-0.15, -0.1) is 0 Å². The Morgan fingerprint density at radius 1 is 1.29 bits per heavy atom. The fraction of sp³-hybridized carbons (Fsp3) is 0.583. The molecule has 3 rings (SSSR count). The van der Waals surface area contributed by atoms with Crippen LogP contribution in [0.3, 0.4) is 0 Å². The maximum absolute atomic E-state index is 9.90. The molecule has 0 bridgehead atoms. The van der Waals surface area contributed by atoms with Gasteiger partial charge in [0.15, 0.2) is 0 Å². The monoisotopic (exact) mass is 290 g/mol. The van der Waals surface area contributed by atoms with Crippen LogP contribution >= 0.6 is 0 Å². The van der Waals surface area contributed by atoms with E-state index >= 15 is 0 Å². The largest absolute Gasteiger partial charge is 0.391 e. The summed E-state index contributed by atoms with van der Waals surface area (Å²) >= 11 is 0. The molecule has 0 radical (unpaired) electrons. The molecular weight excluding hydrogens is 272 g/mol. The third-order valence-corrected chi connectivity index (χ3v) is 3.22. The van der Waals surface area contributed by atoms with Gasteiger partial charge < -0.3 is 15.7 Å². The van der Waals surface area contributed by atoms with Gasteiger partial charge in [-0.25, -0.2) is 4.98 Å².